The van der Waals surface area contributed by atoms with Crippen molar-refractivity contribution in [3.8, 4) is 0 Å². The van der Waals surface area contributed by atoms with Crippen LogP contribution in [0.25, 0.3) is 0 Å². The zero-order valence-corrected chi connectivity index (χ0v) is 87.1. The maximum atomic E-state index is 14.7. The minimum Gasteiger partial charge on any atom is -0.480 e. The topological polar surface area (TPSA) is 747 Å². The number of rotatable bonds is 64. The van der Waals surface area contributed by atoms with Crippen LogP contribution in [0.15, 0.2) is 4.99 Å². The Hall–Kier alpha value is -10.9. The number of thiol groups is 1. The third-order valence-electron chi connectivity index (χ3n) is 22.8. The second-order valence-electron chi connectivity index (χ2n) is 38.1. The number of carboxylic acid groups (broad SMARTS) is 1. The summed E-state index contributed by atoms with van der Waals surface area (Å²) in [5.74, 6) is -19.7. The molecule has 2 rings (SSSR count). The summed E-state index contributed by atoms with van der Waals surface area (Å²) in [6.45, 7) is 25.8. The number of thioether (sulfide) groups is 2. The number of aliphatic hydroxyl groups is 2. The minimum absolute atomic E-state index is 0.00782. The lowest BCUT2D eigenvalue weighted by atomic mass is 9.98. The lowest BCUT2D eigenvalue weighted by molar-refractivity contribution is -0.150. The lowest BCUT2D eigenvalue weighted by Crippen LogP contribution is -2.61. The predicted octanol–water partition coefficient (Wildman–Crippen LogP) is -5.65. The second kappa shape index (κ2) is 63.9. The fourth-order valence-electron chi connectivity index (χ4n) is 15.1. The molecule has 0 aromatic heterocycles. The number of carboxylic acids is 1. The van der Waals surface area contributed by atoms with Gasteiger partial charge in [0.1, 0.15) is 109 Å². The number of carbonyl (C=O) groups excluding carboxylic acids is 20. The molecule has 0 spiro atoms. The molecule has 2 aliphatic rings. The van der Waals surface area contributed by atoms with Gasteiger partial charge in [0.15, 0.2) is 5.96 Å². The van der Waals surface area contributed by atoms with E-state index in [2.05, 4.69) is 108 Å². The number of amides is 20. The summed E-state index contributed by atoms with van der Waals surface area (Å²) < 4.78 is 0. The number of likely N-dealkylation sites (tertiary alicyclic amines) is 2. The quantitative estimate of drug-likeness (QED) is 0.0117. The highest BCUT2D eigenvalue weighted by Gasteiger charge is 2.45. The first-order valence-corrected chi connectivity index (χ1v) is 51.3. The van der Waals surface area contributed by atoms with Gasteiger partial charge < -0.3 is 138 Å². The molecule has 0 bridgehead atoms. The maximum absolute atomic E-state index is 14.7. The second-order valence-corrected chi connectivity index (χ2v) is 40.5. The van der Waals surface area contributed by atoms with Crippen molar-refractivity contribution in [1.82, 2.24) is 100 Å². The SMILES string of the molecule is CSCC[C@H](NC(=O)[C@H](C)NC(=O)[C@H](C)NC(=O)CNC(=O)[C@H](C)NC(=O)[C@H](CCCN=C(N)N)NC(=O)[C@H](CCC(N)=O)NC(=O)[C@@H](NC(=O)[C@@H](N)CCSC)[C@@H](C)O)C(=O)N[C@@H](CC(C)C)C(=O)N1CCC[C@H]1C(=O)N[C@@H](CO)C(=O)N[C@@H](C)C(=O)N[C@@H](CC(C)C)C(=O)N[C@@H](CC(C)C)C(=O)N[C@@H](CC(C)C)C(=O)N[C@@H](CC(C)C)C(=O)N[C@@H](CS)C(=O)N[C@H](C(=O)N1CCC[C@H]1C(=O)O)C(C)C. The van der Waals surface area contributed by atoms with E-state index in [9.17, 15) is 116 Å². The average molecular weight is 2060 g/mol. The lowest BCUT2D eigenvalue weighted by Gasteiger charge is -2.31. The fraction of sp³-hybridized carbons (Fsp3) is 0.756. The number of carbonyl (C=O) groups is 21. The maximum Gasteiger partial charge on any atom is 0.326 e. The third kappa shape index (κ3) is 45.5. The number of nitrogens with two attached hydrogens (primary N) is 4. The Morgan fingerprint density at radius 3 is 1.18 bits per heavy atom. The van der Waals surface area contributed by atoms with Crippen LogP contribution in [-0.4, -0.2) is 339 Å². The van der Waals surface area contributed by atoms with Gasteiger partial charge in [-0.25, -0.2) is 4.79 Å². The first-order chi connectivity index (χ1) is 65.9. The first-order valence-electron chi connectivity index (χ1n) is 47.9. The van der Waals surface area contributed by atoms with E-state index in [1.54, 1.807) is 95.6 Å². The number of hydrogen-bond donors (Lipinski definition) is 25. The zero-order chi connectivity index (χ0) is 107. The molecule has 20 amide bonds. The third-order valence-corrected chi connectivity index (χ3v) is 24.5. The van der Waals surface area contributed by atoms with E-state index in [4.69, 9.17) is 22.9 Å². The molecule has 20 atom stereocenters. The van der Waals surface area contributed by atoms with Crippen LogP contribution < -0.4 is 113 Å². The molecule has 0 unspecified atom stereocenters. The molecule has 2 aliphatic heterocycles. The Kier molecular flexibility index (Phi) is 57.1. The van der Waals surface area contributed by atoms with Crippen molar-refractivity contribution in [3.05, 3.63) is 0 Å². The molecule has 2 heterocycles. The van der Waals surface area contributed by atoms with Gasteiger partial charge >= 0.3 is 5.97 Å². The van der Waals surface area contributed by atoms with Crippen molar-refractivity contribution < 1.29 is 116 Å². The molecule has 0 saturated carbocycles. The van der Waals surface area contributed by atoms with Crippen LogP contribution in [0.1, 0.15) is 214 Å². The molecule has 2 saturated heterocycles. The van der Waals surface area contributed by atoms with Crippen molar-refractivity contribution in [2.45, 2.75) is 335 Å². The zero-order valence-electron chi connectivity index (χ0n) is 84.6. The van der Waals surface area contributed by atoms with E-state index < -0.39 is 277 Å². The molecule has 0 aromatic carbocycles. The Labute approximate surface area is 839 Å². The van der Waals surface area contributed by atoms with Gasteiger partial charge in [-0.3, -0.25) is 101 Å². The molecule has 48 nitrogen and oxygen atoms in total. The number of aliphatic hydroxyl groups excluding tert-OH is 2. The summed E-state index contributed by atoms with van der Waals surface area (Å²) >= 11 is 7.06. The molecule has 28 N–H and O–H groups in total. The minimum atomic E-state index is -1.71. The molecule has 51 heteroatoms. The van der Waals surface area contributed by atoms with Crippen molar-refractivity contribution in [2.75, 3.05) is 62.6 Å². The summed E-state index contributed by atoms with van der Waals surface area (Å²) in [6.07, 6.45) is 2.52. The molecule has 0 radical (unpaired) electrons. The van der Waals surface area contributed by atoms with E-state index >= 15 is 0 Å². The van der Waals surface area contributed by atoms with Crippen molar-refractivity contribution >= 4 is 166 Å². The van der Waals surface area contributed by atoms with Crippen molar-refractivity contribution in [2.24, 2.45) is 63.4 Å². The monoisotopic (exact) mass is 2060 g/mol. The number of hydrogen-bond acceptors (Lipinski definition) is 28. The van der Waals surface area contributed by atoms with Gasteiger partial charge in [-0.1, -0.05) is 83.1 Å². The van der Waals surface area contributed by atoms with Gasteiger partial charge in [-0.05, 0) is 184 Å². The van der Waals surface area contributed by atoms with Crippen LogP contribution in [0.2, 0.25) is 0 Å². The molecular weight excluding hydrogens is 1900 g/mol. The van der Waals surface area contributed by atoms with Crippen LogP contribution >= 0.6 is 36.2 Å². The van der Waals surface area contributed by atoms with E-state index in [1.165, 1.54) is 67.9 Å². The van der Waals surface area contributed by atoms with Gasteiger partial charge in [0.2, 0.25) is 118 Å². The number of nitrogens with zero attached hydrogens (tertiary/aromatic N) is 3. The van der Waals surface area contributed by atoms with Gasteiger partial charge in [0, 0.05) is 31.8 Å². The van der Waals surface area contributed by atoms with E-state index in [0.717, 1.165) is 0 Å². The van der Waals surface area contributed by atoms with E-state index in [1.807, 2.05) is 0 Å². The highest BCUT2D eigenvalue weighted by Crippen LogP contribution is 2.24. The average Bonchev–Trinajstić information content (AvgIpc) is 1.72. The van der Waals surface area contributed by atoms with E-state index in [-0.39, 0.29) is 138 Å². The molecular formula is C90H158N24O24S3. The van der Waals surface area contributed by atoms with Gasteiger partial charge in [0.25, 0.3) is 0 Å². The van der Waals surface area contributed by atoms with Crippen LogP contribution in [0.5, 0.6) is 0 Å². The molecule has 0 aromatic rings. The summed E-state index contributed by atoms with van der Waals surface area (Å²) in [5, 5.41) is 74.1. The Morgan fingerprint density at radius 2 is 0.745 bits per heavy atom. The Balaban J connectivity index is 2.22. The number of guanidine groups is 1. The Bertz CT molecular complexity index is 4260. The molecule has 800 valence electrons. The number of primary amides is 1. The van der Waals surface area contributed by atoms with Crippen LogP contribution in [0.4, 0.5) is 0 Å². The largest absolute Gasteiger partial charge is 0.480 e. The number of nitrogens with one attached hydrogen (secondary N) is 17. The van der Waals surface area contributed by atoms with Crippen molar-refractivity contribution in [3.63, 3.8) is 0 Å². The Morgan fingerprint density at radius 1 is 0.390 bits per heavy atom. The van der Waals surface area contributed by atoms with Crippen LogP contribution in [0, 0.1) is 35.5 Å². The van der Waals surface area contributed by atoms with Gasteiger partial charge in [0.05, 0.1) is 25.3 Å². The van der Waals surface area contributed by atoms with Crippen LogP contribution in [0.3, 0.4) is 0 Å². The summed E-state index contributed by atoms with van der Waals surface area (Å²) in [4.78, 5) is 295. The normalized spacial score (nSPS) is 17.4. The predicted molar refractivity (Wildman–Crippen MR) is 531 cm³/mol. The fourth-order valence-corrected chi connectivity index (χ4v) is 16.3. The number of aliphatic carboxylic acids is 1. The summed E-state index contributed by atoms with van der Waals surface area (Å²) in [6, 6.07) is -25.7. The van der Waals surface area contributed by atoms with Gasteiger partial charge in [-0.15, -0.1) is 0 Å². The smallest absolute Gasteiger partial charge is 0.326 e. The van der Waals surface area contributed by atoms with Crippen LogP contribution in [-0.2, 0) is 101 Å². The highest BCUT2D eigenvalue weighted by atomic mass is 32.2. The first kappa shape index (κ1) is 126. The number of aliphatic imine (C=N–C) groups is 1. The summed E-state index contributed by atoms with van der Waals surface area (Å²) in [7, 11) is 0. The summed E-state index contributed by atoms with van der Waals surface area (Å²) in [5.41, 5.74) is 22.3. The molecule has 2 fully saturated rings. The molecule has 141 heavy (non-hydrogen) atoms. The van der Waals surface area contributed by atoms with Gasteiger partial charge in [-0.2, -0.15) is 36.2 Å². The molecule has 0 aliphatic carbocycles. The van der Waals surface area contributed by atoms with E-state index in [0.29, 0.717) is 17.9 Å². The van der Waals surface area contributed by atoms with Crippen molar-refractivity contribution in [1.29, 1.82) is 0 Å². The standard InChI is InChI=1S/C90H158N24O24S3/c1-43(2)35-58(79(127)105-59(36-44(3)4)80(128)106-60(37-45(5)6)81(129)107-61(38-46(7)8)82(130)110-64(42-139)84(132)111-69(48(11)12)88(136)114-32-22-25-66(114)89(137)138)104-74(122)52(16)100-83(131)63(41-115)109-85(133)65-24-21-31-113(65)87(135)62(39-47(9)10)108-78(126)57(29-34-141-19)101-73(121)51(15)98-72(120)50(14)97-68(118)40-96-71(119)49(13)99-76(124)55(23-20-30-95-90(93)94)102-77(125)56(26-27-67(92)117)103-86(134)70(53(17)116)112-75(123)54(91)28-33-140-18/h43-66,69-70,115-116,139H,20-42,91H2,1-19H3,(H2,92,117)(H,96,119)(H,97,118)(H,98,120)(H,99,124)(H,100,131)(H,101,121)(H,102,125)(H,103,134)(H,104,122)(H,105,127)(H,106,128)(H,107,129)(H,108,126)(H,109,133)(H,110,130)(H,111,132)(H,112,123)(H,137,138)(H4,93,94,95)/t49-,50-,51-,52-,53+,54-,55-,56-,57-,58-,59-,60-,61-,62-,63-,64-,65-,66-,69-,70-/m0/s1. The highest BCUT2D eigenvalue weighted by molar-refractivity contribution is 7.98.